The van der Waals surface area contributed by atoms with Crippen molar-refractivity contribution in [3.63, 3.8) is 0 Å². The van der Waals surface area contributed by atoms with Gasteiger partial charge < -0.3 is 15.2 Å². The number of hydrogen-bond donors (Lipinski definition) is 2. The van der Waals surface area contributed by atoms with Gasteiger partial charge in [-0.2, -0.15) is 0 Å². The number of ether oxygens (including phenoxy) is 1. The molecular formula is C15H25NO4S. The fourth-order valence-electron chi connectivity index (χ4n) is 1.90. The fraction of sp³-hybridized carbons (Fsp3) is 0.600. The molecule has 1 aromatic carbocycles. The van der Waals surface area contributed by atoms with E-state index >= 15 is 0 Å². The highest BCUT2D eigenvalue weighted by atomic mass is 32.2. The van der Waals surface area contributed by atoms with E-state index in [1.165, 1.54) is 6.26 Å². The molecule has 0 saturated carbocycles. The van der Waals surface area contributed by atoms with Gasteiger partial charge in [0.1, 0.15) is 0 Å². The van der Waals surface area contributed by atoms with Crippen LogP contribution in [-0.4, -0.2) is 45.6 Å². The van der Waals surface area contributed by atoms with Crippen LogP contribution in [0.4, 0.5) is 0 Å². The Morgan fingerprint density at radius 2 is 1.90 bits per heavy atom. The van der Waals surface area contributed by atoms with Gasteiger partial charge in [0.25, 0.3) is 0 Å². The Balaban J connectivity index is 2.62. The minimum Gasteiger partial charge on any atom is -0.389 e. The lowest BCUT2D eigenvalue weighted by molar-refractivity contribution is 0.0231. The standard InChI is InChI=1S/C15H25NO4S/c1-12(16-11-15(2,17)9-10-20-3)13-5-7-14(8-6-13)21(4,18)19/h5-8,12,16-17H,9-11H2,1-4H3. The van der Waals surface area contributed by atoms with E-state index in [1.54, 1.807) is 38.3 Å². The number of sulfone groups is 1. The Bertz CT molecular complexity index is 537. The lowest BCUT2D eigenvalue weighted by Crippen LogP contribution is -2.39. The van der Waals surface area contributed by atoms with Crippen molar-refractivity contribution in [1.29, 1.82) is 0 Å². The van der Waals surface area contributed by atoms with Crippen molar-refractivity contribution < 1.29 is 18.3 Å². The first-order chi connectivity index (χ1) is 9.65. The second kappa shape index (κ2) is 7.35. The third-order valence-electron chi connectivity index (χ3n) is 3.44. The van der Waals surface area contributed by atoms with Crippen molar-refractivity contribution in [1.82, 2.24) is 5.32 Å². The SMILES string of the molecule is COCCC(C)(O)CNC(C)c1ccc(S(C)(=O)=O)cc1. The van der Waals surface area contributed by atoms with E-state index in [1.807, 2.05) is 6.92 Å². The van der Waals surface area contributed by atoms with Crippen LogP contribution in [0, 0.1) is 0 Å². The summed E-state index contributed by atoms with van der Waals surface area (Å²) < 4.78 is 27.8. The highest BCUT2D eigenvalue weighted by molar-refractivity contribution is 7.90. The number of hydrogen-bond acceptors (Lipinski definition) is 5. The molecule has 1 rings (SSSR count). The van der Waals surface area contributed by atoms with E-state index in [-0.39, 0.29) is 6.04 Å². The van der Waals surface area contributed by atoms with Crippen molar-refractivity contribution in [3.05, 3.63) is 29.8 Å². The molecule has 120 valence electrons. The highest BCUT2D eigenvalue weighted by Gasteiger charge is 2.21. The summed E-state index contributed by atoms with van der Waals surface area (Å²) in [5, 5.41) is 13.4. The predicted octanol–water partition coefficient (Wildman–Crippen LogP) is 1.53. The molecule has 0 aliphatic heterocycles. The van der Waals surface area contributed by atoms with Crippen LogP contribution in [0.2, 0.25) is 0 Å². The molecule has 0 fully saturated rings. The van der Waals surface area contributed by atoms with Gasteiger partial charge in [0.15, 0.2) is 9.84 Å². The second-order valence-corrected chi connectivity index (χ2v) is 7.70. The molecule has 2 atom stereocenters. The fourth-order valence-corrected chi connectivity index (χ4v) is 2.54. The Morgan fingerprint density at radius 1 is 1.33 bits per heavy atom. The molecule has 0 radical (unpaired) electrons. The Morgan fingerprint density at radius 3 is 2.38 bits per heavy atom. The summed E-state index contributed by atoms with van der Waals surface area (Å²) in [5.41, 5.74) is 0.140. The van der Waals surface area contributed by atoms with E-state index in [0.29, 0.717) is 24.5 Å². The number of benzene rings is 1. The summed E-state index contributed by atoms with van der Waals surface area (Å²) in [4.78, 5) is 0.311. The van der Waals surface area contributed by atoms with Gasteiger partial charge >= 0.3 is 0 Å². The first-order valence-corrected chi connectivity index (χ1v) is 8.79. The zero-order valence-corrected chi connectivity index (χ0v) is 13.9. The maximum atomic E-state index is 11.4. The highest BCUT2D eigenvalue weighted by Crippen LogP contribution is 2.17. The van der Waals surface area contributed by atoms with E-state index < -0.39 is 15.4 Å². The first-order valence-electron chi connectivity index (χ1n) is 6.90. The molecule has 0 amide bonds. The monoisotopic (exact) mass is 315 g/mol. The van der Waals surface area contributed by atoms with Crippen LogP contribution < -0.4 is 5.32 Å². The quantitative estimate of drug-likeness (QED) is 0.761. The largest absolute Gasteiger partial charge is 0.389 e. The Kier molecular flexibility index (Phi) is 6.34. The zero-order valence-electron chi connectivity index (χ0n) is 13.1. The smallest absolute Gasteiger partial charge is 0.175 e. The summed E-state index contributed by atoms with van der Waals surface area (Å²) in [5.74, 6) is 0. The van der Waals surface area contributed by atoms with E-state index in [4.69, 9.17) is 4.74 Å². The number of methoxy groups -OCH3 is 1. The minimum atomic E-state index is -3.17. The Hall–Kier alpha value is -0.950. The number of nitrogens with one attached hydrogen (secondary N) is 1. The molecule has 2 unspecified atom stereocenters. The normalized spacial score (nSPS) is 16.4. The molecule has 0 heterocycles. The van der Waals surface area contributed by atoms with Gasteiger partial charge in [-0.25, -0.2) is 8.42 Å². The lowest BCUT2D eigenvalue weighted by atomic mass is 10.0. The van der Waals surface area contributed by atoms with E-state index in [0.717, 1.165) is 5.56 Å². The number of aliphatic hydroxyl groups is 1. The van der Waals surface area contributed by atoms with E-state index in [9.17, 15) is 13.5 Å². The molecule has 0 aliphatic rings. The lowest BCUT2D eigenvalue weighted by Gasteiger charge is -2.26. The first kappa shape index (κ1) is 18.1. The summed E-state index contributed by atoms with van der Waals surface area (Å²) in [6.07, 6.45) is 1.74. The summed E-state index contributed by atoms with van der Waals surface area (Å²) in [6, 6.07) is 6.81. The van der Waals surface area contributed by atoms with Gasteiger partial charge in [-0.1, -0.05) is 12.1 Å². The van der Waals surface area contributed by atoms with E-state index in [2.05, 4.69) is 5.32 Å². The summed E-state index contributed by atoms with van der Waals surface area (Å²) in [7, 11) is -1.56. The van der Waals surface area contributed by atoms with Crippen molar-refractivity contribution in [2.75, 3.05) is 26.5 Å². The maximum Gasteiger partial charge on any atom is 0.175 e. The molecular weight excluding hydrogens is 290 g/mol. The topological polar surface area (TPSA) is 75.6 Å². The van der Waals surface area contributed by atoms with Crippen LogP contribution in [-0.2, 0) is 14.6 Å². The maximum absolute atomic E-state index is 11.4. The van der Waals surface area contributed by atoms with Gasteiger partial charge in [-0.3, -0.25) is 0 Å². The van der Waals surface area contributed by atoms with Crippen LogP contribution in [0.15, 0.2) is 29.2 Å². The molecule has 0 aliphatic carbocycles. The third kappa shape index (κ3) is 6.13. The molecule has 2 N–H and O–H groups in total. The average Bonchev–Trinajstić information content (AvgIpc) is 2.42. The van der Waals surface area contributed by atoms with Gasteiger partial charge in [0.05, 0.1) is 10.5 Å². The minimum absolute atomic E-state index is 0.0210. The van der Waals surface area contributed by atoms with Gasteiger partial charge in [-0.05, 0) is 31.5 Å². The molecule has 0 spiro atoms. The van der Waals surface area contributed by atoms with Crippen LogP contribution in [0.5, 0.6) is 0 Å². The van der Waals surface area contributed by atoms with Crippen molar-refractivity contribution in [3.8, 4) is 0 Å². The Labute approximate surface area is 127 Å². The molecule has 5 nitrogen and oxygen atoms in total. The van der Waals surface area contributed by atoms with Crippen LogP contribution in [0.1, 0.15) is 31.9 Å². The summed E-state index contributed by atoms with van der Waals surface area (Å²) >= 11 is 0. The molecule has 0 saturated heterocycles. The molecule has 0 bridgehead atoms. The van der Waals surface area contributed by atoms with Crippen LogP contribution in [0.3, 0.4) is 0 Å². The molecule has 1 aromatic rings. The number of rotatable bonds is 8. The molecule has 0 aromatic heterocycles. The van der Waals surface area contributed by atoms with Gasteiger partial charge in [-0.15, -0.1) is 0 Å². The van der Waals surface area contributed by atoms with Crippen molar-refractivity contribution in [2.24, 2.45) is 0 Å². The van der Waals surface area contributed by atoms with Crippen LogP contribution >= 0.6 is 0 Å². The third-order valence-corrected chi connectivity index (χ3v) is 4.57. The van der Waals surface area contributed by atoms with Crippen molar-refractivity contribution >= 4 is 9.84 Å². The van der Waals surface area contributed by atoms with Gasteiger partial charge in [0, 0.05) is 39.0 Å². The average molecular weight is 315 g/mol. The molecule has 21 heavy (non-hydrogen) atoms. The molecule has 6 heteroatoms. The van der Waals surface area contributed by atoms with Crippen molar-refractivity contribution in [2.45, 2.75) is 36.8 Å². The van der Waals surface area contributed by atoms with Crippen LogP contribution in [0.25, 0.3) is 0 Å². The second-order valence-electron chi connectivity index (χ2n) is 5.68. The predicted molar refractivity (Wildman–Crippen MR) is 83.1 cm³/mol. The zero-order chi connectivity index (χ0) is 16.1. The van der Waals surface area contributed by atoms with Gasteiger partial charge in [0.2, 0.25) is 0 Å². The summed E-state index contributed by atoms with van der Waals surface area (Å²) in [6.45, 7) is 4.68.